The van der Waals surface area contributed by atoms with Crippen molar-refractivity contribution >= 4 is 5.91 Å². The SMILES string of the molecule is CC(CN)C(=O)N1CCCC(C)C1CN. The molecule has 1 rings (SSSR count). The predicted molar refractivity (Wildman–Crippen MR) is 61.2 cm³/mol. The Morgan fingerprint density at radius 2 is 2.20 bits per heavy atom. The molecule has 15 heavy (non-hydrogen) atoms. The first-order valence-corrected chi connectivity index (χ1v) is 5.82. The zero-order chi connectivity index (χ0) is 11.4. The Hall–Kier alpha value is -0.610. The van der Waals surface area contributed by atoms with Gasteiger partial charge < -0.3 is 16.4 Å². The summed E-state index contributed by atoms with van der Waals surface area (Å²) >= 11 is 0. The van der Waals surface area contributed by atoms with Crippen LogP contribution in [0.1, 0.15) is 26.7 Å². The molecular formula is C11H23N3O. The van der Waals surface area contributed by atoms with Gasteiger partial charge in [-0.05, 0) is 18.8 Å². The van der Waals surface area contributed by atoms with Crippen molar-refractivity contribution in [2.45, 2.75) is 32.7 Å². The van der Waals surface area contributed by atoms with Crippen LogP contribution in [0, 0.1) is 11.8 Å². The molecule has 0 spiro atoms. The number of carbonyl (C=O) groups excluding carboxylic acids is 1. The van der Waals surface area contributed by atoms with Crippen LogP contribution in [-0.2, 0) is 4.79 Å². The molecule has 1 heterocycles. The maximum absolute atomic E-state index is 12.0. The first kappa shape index (κ1) is 12.5. The average Bonchev–Trinajstić information content (AvgIpc) is 2.26. The smallest absolute Gasteiger partial charge is 0.226 e. The minimum absolute atomic E-state index is 0.0793. The van der Waals surface area contributed by atoms with Gasteiger partial charge in [-0.25, -0.2) is 0 Å². The molecule has 4 heteroatoms. The van der Waals surface area contributed by atoms with Gasteiger partial charge in [-0.1, -0.05) is 13.8 Å². The molecule has 0 aromatic heterocycles. The third-order valence-electron chi connectivity index (χ3n) is 3.42. The fraction of sp³-hybridized carbons (Fsp3) is 0.909. The molecule has 0 bridgehead atoms. The van der Waals surface area contributed by atoms with Crippen molar-refractivity contribution in [2.24, 2.45) is 23.3 Å². The second kappa shape index (κ2) is 5.47. The Balaban J connectivity index is 2.69. The number of amides is 1. The number of nitrogens with two attached hydrogens (primary N) is 2. The van der Waals surface area contributed by atoms with E-state index in [1.165, 1.54) is 6.42 Å². The van der Waals surface area contributed by atoms with Crippen LogP contribution in [0.3, 0.4) is 0 Å². The van der Waals surface area contributed by atoms with Gasteiger partial charge in [0.25, 0.3) is 0 Å². The van der Waals surface area contributed by atoms with E-state index in [2.05, 4.69) is 6.92 Å². The Kier molecular flexibility index (Phi) is 4.54. The van der Waals surface area contributed by atoms with Gasteiger partial charge in [-0.15, -0.1) is 0 Å². The lowest BCUT2D eigenvalue weighted by molar-refractivity contribution is -0.139. The Morgan fingerprint density at radius 1 is 1.53 bits per heavy atom. The van der Waals surface area contributed by atoms with Gasteiger partial charge in [0.2, 0.25) is 5.91 Å². The molecule has 0 aromatic carbocycles. The minimum Gasteiger partial charge on any atom is -0.338 e. The summed E-state index contributed by atoms with van der Waals surface area (Å²) in [6.07, 6.45) is 2.25. The number of piperidine rings is 1. The standard InChI is InChI=1S/C11H23N3O/c1-8-4-3-5-14(10(8)7-13)11(15)9(2)6-12/h8-10H,3-7,12-13H2,1-2H3. The van der Waals surface area contributed by atoms with Gasteiger partial charge in [0.05, 0.1) is 0 Å². The van der Waals surface area contributed by atoms with Crippen molar-refractivity contribution in [1.82, 2.24) is 4.90 Å². The van der Waals surface area contributed by atoms with Gasteiger partial charge in [-0.2, -0.15) is 0 Å². The first-order chi connectivity index (χ1) is 7.11. The molecular weight excluding hydrogens is 190 g/mol. The third-order valence-corrected chi connectivity index (χ3v) is 3.42. The van der Waals surface area contributed by atoms with E-state index in [1.807, 2.05) is 11.8 Å². The maximum atomic E-state index is 12.0. The van der Waals surface area contributed by atoms with E-state index in [-0.39, 0.29) is 17.9 Å². The Bertz CT molecular complexity index is 220. The summed E-state index contributed by atoms with van der Waals surface area (Å²) in [6, 6.07) is 0.209. The molecule has 88 valence electrons. The molecule has 1 amide bonds. The van der Waals surface area contributed by atoms with Gasteiger partial charge in [0.1, 0.15) is 0 Å². The number of rotatable bonds is 3. The molecule has 3 atom stereocenters. The molecule has 0 radical (unpaired) electrons. The van der Waals surface area contributed by atoms with Crippen LogP contribution in [0.15, 0.2) is 0 Å². The lowest BCUT2D eigenvalue weighted by atomic mass is 9.90. The highest BCUT2D eigenvalue weighted by Gasteiger charge is 2.32. The number of hydrogen-bond acceptors (Lipinski definition) is 3. The summed E-state index contributed by atoms with van der Waals surface area (Å²) in [6.45, 7) is 5.87. The molecule has 1 aliphatic rings. The first-order valence-electron chi connectivity index (χ1n) is 5.82. The molecule has 1 fully saturated rings. The van der Waals surface area contributed by atoms with Crippen LogP contribution in [0.25, 0.3) is 0 Å². The number of nitrogens with zero attached hydrogens (tertiary/aromatic N) is 1. The molecule has 4 N–H and O–H groups in total. The number of hydrogen-bond donors (Lipinski definition) is 2. The van der Waals surface area contributed by atoms with Crippen LogP contribution in [0.2, 0.25) is 0 Å². The van der Waals surface area contributed by atoms with Crippen LogP contribution in [0.5, 0.6) is 0 Å². The fourth-order valence-electron chi connectivity index (χ4n) is 2.27. The van der Waals surface area contributed by atoms with E-state index in [0.717, 1.165) is 13.0 Å². The average molecular weight is 213 g/mol. The fourth-order valence-corrected chi connectivity index (χ4v) is 2.27. The van der Waals surface area contributed by atoms with E-state index < -0.39 is 0 Å². The van der Waals surface area contributed by atoms with Gasteiger partial charge >= 0.3 is 0 Å². The largest absolute Gasteiger partial charge is 0.338 e. The van der Waals surface area contributed by atoms with Crippen molar-refractivity contribution in [3.05, 3.63) is 0 Å². The lowest BCUT2D eigenvalue weighted by Crippen LogP contribution is -2.53. The van der Waals surface area contributed by atoms with Crippen LogP contribution >= 0.6 is 0 Å². The monoisotopic (exact) mass is 213 g/mol. The van der Waals surface area contributed by atoms with Crippen molar-refractivity contribution in [3.8, 4) is 0 Å². The normalized spacial score (nSPS) is 28.9. The van der Waals surface area contributed by atoms with E-state index >= 15 is 0 Å². The van der Waals surface area contributed by atoms with Crippen LogP contribution in [-0.4, -0.2) is 36.5 Å². The molecule has 1 aliphatic heterocycles. The molecule has 3 unspecified atom stereocenters. The summed E-state index contributed by atoms with van der Waals surface area (Å²) in [7, 11) is 0. The van der Waals surface area contributed by atoms with Crippen molar-refractivity contribution in [3.63, 3.8) is 0 Å². The highest BCUT2D eigenvalue weighted by atomic mass is 16.2. The van der Waals surface area contributed by atoms with Crippen molar-refractivity contribution < 1.29 is 4.79 Å². The van der Waals surface area contributed by atoms with Crippen LogP contribution < -0.4 is 11.5 Å². The highest BCUT2D eigenvalue weighted by Crippen LogP contribution is 2.23. The highest BCUT2D eigenvalue weighted by molar-refractivity contribution is 5.79. The topological polar surface area (TPSA) is 72.4 Å². The predicted octanol–water partition coefficient (Wildman–Crippen LogP) is 0.167. The second-order valence-electron chi connectivity index (χ2n) is 4.59. The summed E-state index contributed by atoms with van der Waals surface area (Å²) in [4.78, 5) is 14.0. The van der Waals surface area contributed by atoms with E-state index in [4.69, 9.17) is 11.5 Å². The summed E-state index contributed by atoms with van der Waals surface area (Å²) in [5, 5.41) is 0. The van der Waals surface area contributed by atoms with E-state index in [1.54, 1.807) is 0 Å². The molecule has 0 aromatic rings. The lowest BCUT2D eigenvalue weighted by Gasteiger charge is -2.40. The second-order valence-corrected chi connectivity index (χ2v) is 4.59. The summed E-state index contributed by atoms with van der Waals surface area (Å²) in [5.74, 6) is 0.599. The Morgan fingerprint density at radius 3 is 2.73 bits per heavy atom. The quantitative estimate of drug-likeness (QED) is 0.702. The van der Waals surface area contributed by atoms with Gasteiger partial charge in [-0.3, -0.25) is 4.79 Å². The van der Waals surface area contributed by atoms with E-state index in [9.17, 15) is 4.79 Å². The third kappa shape index (κ3) is 2.69. The summed E-state index contributed by atoms with van der Waals surface area (Å²) < 4.78 is 0. The number of carbonyl (C=O) groups is 1. The molecule has 4 nitrogen and oxygen atoms in total. The summed E-state index contributed by atoms with van der Waals surface area (Å²) in [5.41, 5.74) is 11.3. The molecule has 1 saturated heterocycles. The Labute approximate surface area is 92.0 Å². The van der Waals surface area contributed by atoms with Crippen LogP contribution in [0.4, 0.5) is 0 Å². The number of likely N-dealkylation sites (tertiary alicyclic amines) is 1. The zero-order valence-electron chi connectivity index (χ0n) is 9.78. The molecule has 0 aliphatic carbocycles. The van der Waals surface area contributed by atoms with Gasteiger partial charge in [0.15, 0.2) is 0 Å². The van der Waals surface area contributed by atoms with E-state index in [0.29, 0.717) is 19.0 Å². The maximum Gasteiger partial charge on any atom is 0.226 e. The zero-order valence-corrected chi connectivity index (χ0v) is 9.78. The van der Waals surface area contributed by atoms with Gasteiger partial charge in [0, 0.05) is 31.6 Å². The molecule has 0 saturated carbocycles. The van der Waals surface area contributed by atoms with Crippen molar-refractivity contribution in [2.75, 3.05) is 19.6 Å². The minimum atomic E-state index is -0.0793. The van der Waals surface area contributed by atoms with Crippen molar-refractivity contribution in [1.29, 1.82) is 0 Å².